The smallest absolute Gasteiger partial charge is 0.277 e. The maximum Gasteiger partial charge on any atom is 0.277 e. The highest BCUT2D eigenvalue weighted by Gasteiger charge is 2.28. The van der Waals surface area contributed by atoms with Crippen molar-refractivity contribution < 1.29 is 14.0 Å². The molecule has 0 aromatic heterocycles. The minimum Gasteiger partial charge on any atom is -0.351 e. The first-order valence-corrected chi connectivity index (χ1v) is 8.82. The number of allylic oxidation sites excluding steroid dienone is 2. The molecule has 0 radical (unpaired) electrons. The van der Waals surface area contributed by atoms with Gasteiger partial charge in [0.2, 0.25) is 0 Å². The van der Waals surface area contributed by atoms with E-state index in [9.17, 15) is 9.18 Å². The molecule has 6 nitrogen and oxygen atoms in total. The Morgan fingerprint density at radius 1 is 1.41 bits per heavy atom. The van der Waals surface area contributed by atoms with Gasteiger partial charge in [-0.25, -0.2) is 14.9 Å². The number of hydroxylamine groups is 1. The van der Waals surface area contributed by atoms with Crippen molar-refractivity contribution in [3.05, 3.63) is 70.3 Å². The minimum absolute atomic E-state index is 0.194. The Hall–Kier alpha value is -2.99. The van der Waals surface area contributed by atoms with E-state index in [4.69, 9.17) is 10.6 Å². The third kappa shape index (κ3) is 3.61. The Balaban J connectivity index is 1.63. The van der Waals surface area contributed by atoms with Crippen molar-refractivity contribution >= 4 is 17.5 Å². The van der Waals surface area contributed by atoms with Gasteiger partial charge in [0.1, 0.15) is 5.82 Å². The number of nitrogens with zero attached hydrogens (tertiary/aromatic N) is 1. The number of hydrogen-bond acceptors (Lipinski definition) is 5. The molecule has 138 valence electrons. The number of carbonyl (C=O) groups excluding carboxylic acids is 1. The zero-order valence-electron chi connectivity index (χ0n) is 14.6. The second kappa shape index (κ2) is 7.32. The van der Waals surface area contributed by atoms with Gasteiger partial charge in [0.25, 0.3) is 5.91 Å². The fraction of sp³-hybridized carbons (Fsp3) is 0.250. The molecular formula is C20H19FN4O2. The van der Waals surface area contributed by atoms with E-state index in [0.29, 0.717) is 28.4 Å². The third-order valence-electron chi connectivity index (χ3n) is 4.54. The molecule has 4 N–H and O–H groups in total. The Bertz CT molecular complexity index is 951. The van der Waals surface area contributed by atoms with E-state index in [2.05, 4.69) is 21.7 Å². The molecule has 1 aromatic rings. The van der Waals surface area contributed by atoms with E-state index < -0.39 is 5.91 Å². The molecule has 0 atom stereocenters. The largest absolute Gasteiger partial charge is 0.351 e. The summed E-state index contributed by atoms with van der Waals surface area (Å²) in [5.74, 6) is 2.52. The molecule has 1 heterocycles. The van der Waals surface area contributed by atoms with Crippen molar-refractivity contribution in [1.29, 1.82) is 0 Å². The topological polar surface area (TPSA) is 88.7 Å². The number of halogens is 1. The summed E-state index contributed by atoms with van der Waals surface area (Å²) in [6.45, 7) is 0.476. The minimum atomic E-state index is -0.453. The lowest BCUT2D eigenvalue weighted by molar-refractivity contribution is -0.128. The fourth-order valence-corrected chi connectivity index (χ4v) is 3.03. The standard InChI is InChI=1S/C20H19FN4O2/c21-17-10-13(12-1-2-12)3-4-18(17)24-19-15(20(26)25-27-8-6-22)9-14-5-7-23-11-16(14)19/h3-5,7,9-10,12,24H,1-2,6,8,22H2,(H,25,26). The third-order valence-corrected chi connectivity index (χ3v) is 4.54. The molecule has 3 aliphatic rings. The molecule has 0 saturated heterocycles. The number of hydrogen-bond donors (Lipinski definition) is 3. The van der Waals surface area contributed by atoms with E-state index in [1.54, 1.807) is 30.5 Å². The summed E-state index contributed by atoms with van der Waals surface area (Å²) in [6.07, 6.45) is 7.25. The quantitative estimate of drug-likeness (QED) is 0.511. The molecule has 2 aliphatic carbocycles. The van der Waals surface area contributed by atoms with Crippen molar-refractivity contribution in [2.75, 3.05) is 18.5 Å². The highest BCUT2D eigenvalue weighted by molar-refractivity contribution is 6.02. The number of amides is 1. The number of rotatable bonds is 7. The van der Waals surface area contributed by atoms with Crippen LogP contribution in [0.3, 0.4) is 0 Å². The SMILES string of the molecule is NCCONC(=O)C1=C(Nc2ccc(C3CC3)cc2F)C2=C=NC=CC2=C1. The van der Waals surface area contributed by atoms with Crippen molar-refractivity contribution in [3.8, 4) is 0 Å². The first-order valence-electron chi connectivity index (χ1n) is 8.82. The van der Waals surface area contributed by atoms with Crippen LogP contribution in [-0.4, -0.2) is 24.9 Å². The van der Waals surface area contributed by atoms with Gasteiger partial charge in [-0.2, -0.15) is 0 Å². The summed E-state index contributed by atoms with van der Waals surface area (Å²) in [5, 5.41) is 3.03. The first kappa shape index (κ1) is 17.4. The molecule has 0 unspecified atom stereocenters. The molecule has 1 fully saturated rings. The Morgan fingerprint density at radius 2 is 2.26 bits per heavy atom. The molecule has 0 spiro atoms. The zero-order valence-corrected chi connectivity index (χ0v) is 14.6. The van der Waals surface area contributed by atoms with E-state index in [0.717, 1.165) is 24.0 Å². The number of carbonyl (C=O) groups is 1. The van der Waals surface area contributed by atoms with Crippen molar-refractivity contribution in [2.24, 2.45) is 10.7 Å². The summed E-state index contributed by atoms with van der Waals surface area (Å²) in [7, 11) is 0. The molecule has 7 heteroatoms. The van der Waals surface area contributed by atoms with Crippen LogP contribution in [0.4, 0.5) is 10.1 Å². The maximum absolute atomic E-state index is 14.6. The van der Waals surface area contributed by atoms with Gasteiger partial charge < -0.3 is 11.1 Å². The van der Waals surface area contributed by atoms with Gasteiger partial charge >= 0.3 is 0 Å². The molecule has 1 aliphatic heterocycles. The van der Waals surface area contributed by atoms with Gasteiger partial charge in [-0.1, -0.05) is 6.07 Å². The van der Waals surface area contributed by atoms with Crippen LogP contribution in [0.2, 0.25) is 0 Å². The van der Waals surface area contributed by atoms with Gasteiger partial charge in [0.05, 0.1) is 29.1 Å². The summed E-state index contributed by atoms with van der Waals surface area (Å²) in [4.78, 5) is 21.5. The molecule has 0 bridgehead atoms. The predicted molar refractivity (Wildman–Crippen MR) is 100 cm³/mol. The Morgan fingerprint density at radius 3 is 3.00 bits per heavy atom. The molecule has 4 rings (SSSR count). The van der Waals surface area contributed by atoms with E-state index in [-0.39, 0.29) is 19.0 Å². The van der Waals surface area contributed by atoms with Crippen LogP contribution in [0.1, 0.15) is 24.3 Å². The second-order valence-electron chi connectivity index (χ2n) is 6.53. The van der Waals surface area contributed by atoms with Crippen LogP contribution in [-0.2, 0) is 9.63 Å². The molecule has 1 saturated carbocycles. The van der Waals surface area contributed by atoms with Gasteiger partial charge in [-0.15, -0.1) is 0 Å². The van der Waals surface area contributed by atoms with Crippen LogP contribution < -0.4 is 16.5 Å². The highest BCUT2D eigenvalue weighted by atomic mass is 19.1. The number of fused-ring (bicyclic) bond motifs is 1. The van der Waals surface area contributed by atoms with Crippen LogP contribution in [0, 0.1) is 5.82 Å². The lowest BCUT2D eigenvalue weighted by atomic mass is 10.1. The Kier molecular flexibility index (Phi) is 4.73. The Labute approximate surface area is 155 Å². The summed E-state index contributed by atoms with van der Waals surface area (Å²) < 4.78 is 14.6. The number of anilines is 1. The van der Waals surface area contributed by atoms with Crippen LogP contribution >= 0.6 is 0 Å². The van der Waals surface area contributed by atoms with Crippen LogP contribution in [0.5, 0.6) is 0 Å². The lowest BCUT2D eigenvalue weighted by Gasteiger charge is -2.14. The number of nitrogens with one attached hydrogen (secondary N) is 2. The monoisotopic (exact) mass is 366 g/mol. The fourth-order valence-electron chi connectivity index (χ4n) is 3.03. The number of aliphatic imine (C=N–C) groups is 1. The second-order valence-corrected chi connectivity index (χ2v) is 6.53. The average Bonchev–Trinajstić information content (AvgIpc) is 3.46. The molecular weight excluding hydrogens is 347 g/mol. The van der Waals surface area contributed by atoms with Gasteiger partial charge in [0, 0.05) is 12.7 Å². The van der Waals surface area contributed by atoms with Crippen LogP contribution in [0.15, 0.2) is 64.0 Å². The van der Waals surface area contributed by atoms with E-state index in [1.165, 1.54) is 0 Å². The van der Waals surface area contributed by atoms with Gasteiger partial charge in [-0.3, -0.25) is 9.63 Å². The number of nitrogens with two attached hydrogens (primary N) is 1. The van der Waals surface area contributed by atoms with Gasteiger partial charge in [0.15, 0.2) is 0 Å². The summed E-state index contributed by atoms with van der Waals surface area (Å²) in [6, 6.07) is 5.17. The van der Waals surface area contributed by atoms with Gasteiger partial charge in [-0.05, 0) is 60.1 Å². The summed E-state index contributed by atoms with van der Waals surface area (Å²) in [5.41, 5.74) is 11.1. The molecule has 1 aromatic carbocycles. The normalized spacial score (nSPS) is 17.6. The van der Waals surface area contributed by atoms with Crippen molar-refractivity contribution in [1.82, 2.24) is 5.48 Å². The highest BCUT2D eigenvalue weighted by Crippen LogP contribution is 2.41. The van der Waals surface area contributed by atoms with E-state index in [1.807, 2.05) is 6.07 Å². The van der Waals surface area contributed by atoms with Crippen LogP contribution in [0.25, 0.3) is 0 Å². The maximum atomic E-state index is 14.6. The lowest BCUT2D eigenvalue weighted by Crippen LogP contribution is -2.28. The van der Waals surface area contributed by atoms with Crippen molar-refractivity contribution in [3.63, 3.8) is 0 Å². The number of benzene rings is 1. The van der Waals surface area contributed by atoms with Crippen molar-refractivity contribution in [2.45, 2.75) is 18.8 Å². The zero-order chi connectivity index (χ0) is 18.8. The first-order chi connectivity index (χ1) is 13.2. The average molecular weight is 366 g/mol. The predicted octanol–water partition coefficient (Wildman–Crippen LogP) is 2.44. The van der Waals surface area contributed by atoms with E-state index >= 15 is 0 Å². The summed E-state index contributed by atoms with van der Waals surface area (Å²) >= 11 is 0. The molecule has 27 heavy (non-hydrogen) atoms. The molecule has 1 amide bonds.